The minimum atomic E-state index is -0.217. The third-order valence-corrected chi connectivity index (χ3v) is 2.75. The molecule has 1 rings (SSSR count). The van der Waals surface area contributed by atoms with Crippen molar-refractivity contribution >= 4 is 16.8 Å². The van der Waals surface area contributed by atoms with Gasteiger partial charge in [0.05, 0.1) is 0 Å². The number of halogens is 1. The van der Waals surface area contributed by atoms with Crippen LogP contribution in [0.3, 0.4) is 0 Å². The maximum Gasteiger partial charge on any atom is 0.225 e. The van der Waals surface area contributed by atoms with Crippen LogP contribution in [0.25, 0.3) is 0 Å². The minimum Gasteiger partial charge on any atom is -0.281 e. The van der Waals surface area contributed by atoms with Gasteiger partial charge < -0.3 is 0 Å². The summed E-state index contributed by atoms with van der Waals surface area (Å²) in [6.45, 7) is 7.78. The molecule has 1 aliphatic rings. The van der Waals surface area contributed by atoms with Crippen LogP contribution in [-0.2, 0) is 4.79 Å². The van der Waals surface area contributed by atoms with Crippen LogP contribution in [0.15, 0.2) is 12.2 Å². The molecular weight excluding hydrogens is 148 g/mol. The Bertz CT molecular complexity index is 197. The Morgan fingerprint density at radius 3 is 2.40 bits per heavy atom. The predicted molar refractivity (Wildman–Crippen MR) is 41.9 cm³/mol. The van der Waals surface area contributed by atoms with Crippen LogP contribution in [-0.4, -0.2) is 5.24 Å². The summed E-state index contributed by atoms with van der Waals surface area (Å²) in [6, 6.07) is 0. The number of hydrogen-bond acceptors (Lipinski definition) is 1. The van der Waals surface area contributed by atoms with Gasteiger partial charge in [0, 0.05) is 5.92 Å². The highest BCUT2D eigenvalue weighted by Gasteiger charge is 2.54. The number of carbonyl (C=O) groups excluding carboxylic acids is 1. The average Bonchev–Trinajstić information content (AvgIpc) is 2.43. The normalized spacial score (nSPS) is 37.3. The quantitative estimate of drug-likeness (QED) is 0.446. The van der Waals surface area contributed by atoms with Crippen molar-refractivity contribution in [3.63, 3.8) is 0 Å². The van der Waals surface area contributed by atoms with Crippen molar-refractivity contribution in [2.75, 3.05) is 0 Å². The van der Waals surface area contributed by atoms with E-state index >= 15 is 0 Å². The molecule has 0 bridgehead atoms. The average molecular weight is 159 g/mol. The molecule has 1 nitrogen and oxygen atoms in total. The summed E-state index contributed by atoms with van der Waals surface area (Å²) in [7, 11) is 0. The van der Waals surface area contributed by atoms with E-state index in [2.05, 4.69) is 6.58 Å². The Morgan fingerprint density at radius 1 is 1.80 bits per heavy atom. The first kappa shape index (κ1) is 7.80. The van der Waals surface area contributed by atoms with E-state index in [9.17, 15) is 4.79 Å². The third-order valence-electron chi connectivity index (χ3n) is 2.49. The molecule has 0 aliphatic heterocycles. The zero-order valence-electron chi connectivity index (χ0n) is 6.28. The van der Waals surface area contributed by atoms with Gasteiger partial charge in [-0.1, -0.05) is 19.1 Å². The van der Waals surface area contributed by atoms with Crippen molar-refractivity contribution < 1.29 is 4.79 Å². The van der Waals surface area contributed by atoms with Gasteiger partial charge in [-0.3, -0.25) is 4.79 Å². The molecule has 0 aromatic carbocycles. The molecule has 0 radical (unpaired) electrons. The van der Waals surface area contributed by atoms with Crippen molar-refractivity contribution in [2.45, 2.75) is 20.3 Å². The molecule has 0 aromatic heterocycles. The number of rotatable bonds is 2. The molecule has 1 aliphatic carbocycles. The number of allylic oxidation sites excluding steroid dienone is 1. The summed E-state index contributed by atoms with van der Waals surface area (Å²) in [6.07, 6.45) is 0.880. The molecule has 0 heterocycles. The summed E-state index contributed by atoms with van der Waals surface area (Å²) < 4.78 is 0. The first-order chi connectivity index (χ1) is 4.48. The largest absolute Gasteiger partial charge is 0.281 e. The van der Waals surface area contributed by atoms with Gasteiger partial charge in [-0.15, -0.1) is 0 Å². The van der Waals surface area contributed by atoms with Crippen molar-refractivity contribution in [2.24, 2.45) is 11.3 Å². The molecule has 2 heteroatoms. The fraction of sp³-hybridized carbons (Fsp3) is 0.625. The summed E-state index contributed by atoms with van der Waals surface area (Å²) in [5.41, 5.74) is 1.07. The van der Waals surface area contributed by atoms with E-state index in [1.54, 1.807) is 0 Å². The van der Waals surface area contributed by atoms with Crippen LogP contribution < -0.4 is 0 Å². The van der Waals surface area contributed by atoms with Crippen LogP contribution in [0.5, 0.6) is 0 Å². The Balaban J connectivity index is 2.65. The van der Waals surface area contributed by atoms with Gasteiger partial charge in [-0.2, -0.15) is 0 Å². The highest BCUT2D eigenvalue weighted by molar-refractivity contribution is 6.64. The minimum absolute atomic E-state index is 0.0127. The van der Waals surface area contributed by atoms with Crippen molar-refractivity contribution in [1.82, 2.24) is 0 Å². The van der Waals surface area contributed by atoms with E-state index in [4.69, 9.17) is 11.6 Å². The number of carbonyl (C=O) groups is 1. The molecule has 0 spiro atoms. The van der Waals surface area contributed by atoms with Gasteiger partial charge in [-0.25, -0.2) is 0 Å². The molecule has 0 unspecified atom stereocenters. The summed E-state index contributed by atoms with van der Waals surface area (Å²) >= 11 is 5.32. The SMILES string of the molecule is C=C(C)[C@]1(C)C[C@@H]1C(=O)Cl. The Kier molecular flexibility index (Phi) is 1.63. The second kappa shape index (κ2) is 2.09. The zero-order chi connectivity index (χ0) is 7.94. The van der Waals surface area contributed by atoms with Crippen LogP contribution in [0.2, 0.25) is 0 Å². The molecule has 1 saturated carbocycles. The van der Waals surface area contributed by atoms with Gasteiger partial charge in [0.1, 0.15) is 0 Å². The van der Waals surface area contributed by atoms with Crippen molar-refractivity contribution in [3.8, 4) is 0 Å². The van der Waals surface area contributed by atoms with E-state index in [1.807, 2.05) is 13.8 Å². The van der Waals surface area contributed by atoms with Crippen LogP contribution >= 0.6 is 11.6 Å². The zero-order valence-corrected chi connectivity index (χ0v) is 7.03. The molecule has 56 valence electrons. The summed E-state index contributed by atoms with van der Waals surface area (Å²) in [4.78, 5) is 10.7. The lowest BCUT2D eigenvalue weighted by Gasteiger charge is -2.06. The molecule has 1 fully saturated rings. The third kappa shape index (κ3) is 0.988. The molecule has 0 saturated heterocycles. The monoisotopic (exact) mass is 158 g/mol. The lowest BCUT2D eigenvalue weighted by molar-refractivity contribution is -0.113. The van der Waals surface area contributed by atoms with Gasteiger partial charge in [-0.05, 0) is 30.4 Å². The van der Waals surface area contributed by atoms with Gasteiger partial charge >= 0.3 is 0 Å². The molecule has 0 aromatic rings. The van der Waals surface area contributed by atoms with E-state index < -0.39 is 0 Å². The Labute approximate surface area is 66.1 Å². The highest BCUT2D eigenvalue weighted by Crippen LogP contribution is 2.57. The summed E-state index contributed by atoms with van der Waals surface area (Å²) in [5, 5.41) is -0.217. The number of hydrogen-bond donors (Lipinski definition) is 0. The second-order valence-electron chi connectivity index (χ2n) is 3.26. The highest BCUT2D eigenvalue weighted by atomic mass is 35.5. The lowest BCUT2D eigenvalue weighted by Crippen LogP contribution is -2.03. The standard InChI is InChI=1S/C8H11ClO/c1-5(2)8(3)4-6(8)7(9)10/h6H,1,4H2,2-3H3/t6-,8+/m1/s1. The Hall–Kier alpha value is -0.300. The first-order valence-corrected chi connectivity index (χ1v) is 3.71. The smallest absolute Gasteiger partial charge is 0.225 e. The second-order valence-corrected chi connectivity index (χ2v) is 3.63. The maximum absolute atomic E-state index is 10.7. The van der Waals surface area contributed by atoms with Gasteiger partial charge in [0.25, 0.3) is 0 Å². The fourth-order valence-electron chi connectivity index (χ4n) is 1.17. The summed E-state index contributed by atoms with van der Waals surface area (Å²) in [5.74, 6) is 0.0340. The van der Waals surface area contributed by atoms with Crippen molar-refractivity contribution in [3.05, 3.63) is 12.2 Å². The van der Waals surface area contributed by atoms with E-state index in [0.29, 0.717) is 0 Å². The van der Waals surface area contributed by atoms with Crippen molar-refractivity contribution in [1.29, 1.82) is 0 Å². The van der Waals surface area contributed by atoms with Gasteiger partial charge in [0.2, 0.25) is 5.24 Å². The molecule has 2 atom stereocenters. The molecule has 0 N–H and O–H groups in total. The van der Waals surface area contributed by atoms with E-state index in [0.717, 1.165) is 12.0 Å². The molecular formula is C8H11ClO. The lowest BCUT2D eigenvalue weighted by atomic mass is 9.99. The van der Waals surface area contributed by atoms with E-state index in [1.165, 1.54) is 0 Å². The van der Waals surface area contributed by atoms with Crippen LogP contribution in [0.1, 0.15) is 20.3 Å². The van der Waals surface area contributed by atoms with Gasteiger partial charge in [0.15, 0.2) is 0 Å². The van der Waals surface area contributed by atoms with E-state index in [-0.39, 0.29) is 16.6 Å². The molecule has 10 heavy (non-hydrogen) atoms. The first-order valence-electron chi connectivity index (χ1n) is 3.34. The van der Waals surface area contributed by atoms with Crippen LogP contribution in [0.4, 0.5) is 0 Å². The molecule has 0 amide bonds. The topological polar surface area (TPSA) is 17.1 Å². The maximum atomic E-state index is 10.7. The fourth-order valence-corrected chi connectivity index (χ4v) is 1.49. The van der Waals surface area contributed by atoms with Crippen LogP contribution in [0, 0.1) is 11.3 Å². The predicted octanol–water partition coefficient (Wildman–Crippen LogP) is 2.35. The Morgan fingerprint density at radius 2 is 2.30 bits per heavy atom.